The van der Waals surface area contributed by atoms with Crippen molar-refractivity contribution in [1.29, 1.82) is 0 Å². The summed E-state index contributed by atoms with van der Waals surface area (Å²) in [5, 5.41) is 0. The van der Waals surface area contributed by atoms with Crippen molar-refractivity contribution >= 4 is 11.8 Å². The van der Waals surface area contributed by atoms with E-state index in [4.69, 9.17) is 0 Å². The molecule has 0 fully saturated rings. The fraction of sp³-hybridized carbons (Fsp3) is 0.375. The molecule has 0 atom stereocenters. The molecule has 0 N–H and O–H groups in total. The molecule has 0 aromatic carbocycles. The molecule has 0 aliphatic rings. The number of hydrogen-bond acceptors (Lipinski definition) is 2. The lowest BCUT2D eigenvalue weighted by Crippen LogP contribution is -1.82. The van der Waals surface area contributed by atoms with Gasteiger partial charge < -0.3 is 0 Å². The normalized spacial score (nSPS) is 9.80. The molecule has 0 bridgehead atoms. The highest BCUT2D eigenvalue weighted by atomic mass is 32.2. The van der Waals surface area contributed by atoms with Crippen LogP contribution in [0.2, 0.25) is 0 Å². The Balaban J connectivity index is 2.81. The van der Waals surface area contributed by atoms with Gasteiger partial charge in [-0.25, -0.2) is 0 Å². The van der Waals surface area contributed by atoms with Crippen LogP contribution in [0.1, 0.15) is 12.6 Å². The summed E-state index contributed by atoms with van der Waals surface area (Å²) in [6.45, 7) is 4.19. The van der Waals surface area contributed by atoms with E-state index >= 15 is 0 Å². The van der Waals surface area contributed by atoms with Crippen LogP contribution in [0.15, 0.2) is 23.2 Å². The van der Waals surface area contributed by atoms with Crippen molar-refractivity contribution in [3.05, 3.63) is 24.0 Å². The first kappa shape index (κ1) is 7.61. The number of rotatable bonds is 2. The summed E-state index contributed by atoms with van der Waals surface area (Å²) < 4.78 is 0. The van der Waals surface area contributed by atoms with Gasteiger partial charge >= 0.3 is 0 Å². The third-order valence-corrected chi connectivity index (χ3v) is 2.29. The highest BCUT2D eigenvalue weighted by Crippen LogP contribution is 2.18. The van der Waals surface area contributed by atoms with E-state index in [0.717, 1.165) is 11.4 Å². The minimum Gasteiger partial charge on any atom is -0.260 e. The van der Waals surface area contributed by atoms with E-state index in [9.17, 15) is 0 Å². The Morgan fingerprint density at radius 3 is 3.00 bits per heavy atom. The van der Waals surface area contributed by atoms with E-state index in [2.05, 4.69) is 18.0 Å². The minimum absolute atomic E-state index is 1.12. The summed E-state index contributed by atoms with van der Waals surface area (Å²) in [6, 6.07) is 4.08. The SMILES string of the molecule is CCSc1cccnc1C. The van der Waals surface area contributed by atoms with Gasteiger partial charge in [0.2, 0.25) is 0 Å². The molecule has 0 radical (unpaired) electrons. The lowest BCUT2D eigenvalue weighted by atomic mass is 10.4. The van der Waals surface area contributed by atoms with Gasteiger partial charge in [-0.05, 0) is 24.8 Å². The molecule has 0 amide bonds. The zero-order chi connectivity index (χ0) is 7.40. The van der Waals surface area contributed by atoms with Crippen LogP contribution in [0.3, 0.4) is 0 Å². The number of aryl methyl sites for hydroxylation is 1. The average molecular weight is 153 g/mol. The first-order valence-electron chi connectivity index (χ1n) is 3.39. The van der Waals surface area contributed by atoms with Crippen LogP contribution in [-0.2, 0) is 0 Å². The third-order valence-electron chi connectivity index (χ3n) is 1.26. The van der Waals surface area contributed by atoms with E-state index in [1.54, 1.807) is 0 Å². The van der Waals surface area contributed by atoms with Crippen LogP contribution in [0, 0.1) is 6.92 Å². The van der Waals surface area contributed by atoms with Gasteiger partial charge in [0.05, 0.1) is 5.69 Å². The molecule has 0 spiro atoms. The van der Waals surface area contributed by atoms with Crippen LogP contribution in [0.25, 0.3) is 0 Å². The Bertz CT molecular complexity index is 210. The topological polar surface area (TPSA) is 12.9 Å². The molecule has 0 saturated heterocycles. The van der Waals surface area contributed by atoms with Gasteiger partial charge in [-0.1, -0.05) is 6.92 Å². The maximum absolute atomic E-state index is 4.18. The summed E-state index contributed by atoms with van der Waals surface area (Å²) in [4.78, 5) is 5.47. The van der Waals surface area contributed by atoms with Crippen LogP contribution in [0.4, 0.5) is 0 Å². The number of nitrogens with zero attached hydrogens (tertiary/aromatic N) is 1. The first-order valence-corrected chi connectivity index (χ1v) is 4.37. The van der Waals surface area contributed by atoms with Gasteiger partial charge in [0.15, 0.2) is 0 Å². The first-order chi connectivity index (χ1) is 4.84. The van der Waals surface area contributed by atoms with E-state index < -0.39 is 0 Å². The van der Waals surface area contributed by atoms with Crippen molar-refractivity contribution < 1.29 is 0 Å². The molecule has 1 aromatic heterocycles. The maximum Gasteiger partial charge on any atom is 0.0508 e. The smallest absolute Gasteiger partial charge is 0.0508 e. The average Bonchev–Trinajstić information content (AvgIpc) is 1.94. The number of pyridine rings is 1. The molecule has 2 heteroatoms. The zero-order valence-electron chi connectivity index (χ0n) is 6.29. The highest BCUT2D eigenvalue weighted by molar-refractivity contribution is 7.99. The van der Waals surface area contributed by atoms with Gasteiger partial charge in [0, 0.05) is 11.1 Å². The van der Waals surface area contributed by atoms with Crippen LogP contribution in [-0.4, -0.2) is 10.7 Å². The molecular weight excluding hydrogens is 142 g/mol. The fourth-order valence-corrected chi connectivity index (χ4v) is 1.52. The van der Waals surface area contributed by atoms with E-state index in [-0.39, 0.29) is 0 Å². The molecule has 0 aliphatic heterocycles. The second-order valence-corrected chi connectivity index (χ2v) is 3.33. The monoisotopic (exact) mass is 153 g/mol. The van der Waals surface area contributed by atoms with Crippen molar-refractivity contribution in [3.8, 4) is 0 Å². The molecule has 54 valence electrons. The molecule has 1 nitrogen and oxygen atoms in total. The lowest BCUT2D eigenvalue weighted by molar-refractivity contribution is 1.11. The van der Waals surface area contributed by atoms with Crippen LogP contribution in [0.5, 0.6) is 0 Å². The Hall–Kier alpha value is -0.500. The lowest BCUT2D eigenvalue weighted by Gasteiger charge is -1.99. The minimum atomic E-state index is 1.12. The van der Waals surface area contributed by atoms with E-state index in [1.807, 2.05) is 30.9 Å². The molecule has 0 saturated carbocycles. The Morgan fingerprint density at radius 2 is 2.40 bits per heavy atom. The number of thioether (sulfide) groups is 1. The zero-order valence-corrected chi connectivity index (χ0v) is 7.11. The van der Waals surface area contributed by atoms with Crippen molar-refractivity contribution in [3.63, 3.8) is 0 Å². The Labute approximate surface area is 65.9 Å². The van der Waals surface area contributed by atoms with Gasteiger partial charge in [0.1, 0.15) is 0 Å². The van der Waals surface area contributed by atoms with E-state index in [1.165, 1.54) is 4.90 Å². The summed E-state index contributed by atoms with van der Waals surface area (Å²) in [6.07, 6.45) is 1.83. The third kappa shape index (κ3) is 1.74. The largest absolute Gasteiger partial charge is 0.260 e. The second kappa shape index (κ2) is 3.62. The molecule has 0 unspecified atom stereocenters. The van der Waals surface area contributed by atoms with Crippen molar-refractivity contribution in [2.75, 3.05) is 5.75 Å². The Morgan fingerprint density at radius 1 is 1.60 bits per heavy atom. The second-order valence-electron chi connectivity index (χ2n) is 2.02. The summed E-state index contributed by atoms with van der Waals surface area (Å²) in [5.41, 5.74) is 1.13. The number of aromatic nitrogens is 1. The molecular formula is C8H11NS. The van der Waals surface area contributed by atoms with Crippen molar-refractivity contribution in [2.24, 2.45) is 0 Å². The van der Waals surface area contributed by atoms with Gasteiger partial charge in [-0.2, -0.15) is 0 Å². The molecule has 1 aromatic rings. The summed E-state index contributed by atoms with van der Waals surface area (Å²) in [5.74, 6) is 1.12. The molecule has 1 heterocycles. The van der Waals surface area contributed by atoms with Crippen molar-refractivity contribution in [2.45, 2.75) is 18.7 Å². The van der Waals surface area contributed by atoms with Gasteiger partial charge in [0.25, 0.3) is 0 Å². The molecule has 10 heavy (non-hydrogen) atoms. The van der Waals surface area contributed by atoms with Crippen LogP contribution >= 0.6 is 11.8 Å². The number of hydrogen-bond donors (Lipinski definition) is 0. The quantitative estimate of drug-likeness (QED) is 0.605. The molecule has 0 aliphatic carbocycles. The predicted molar refractivity (Wildman–Crippen MR) is 45.4 cm³/mol. The highest BCUT2D eigenvalue weighted by Gasteiger charge is 1.94. The van der Waals surface area contributed by atoms with E-state index in [0.29, 0.717) is 0 Å². The Kier molecular flexibility index (Phi) is 2.75. The fourth-order valence-electron chi connectivity index (χ4n) is 0.778. The van der Waals surface area contributed by atoms with Crippen LogP contribution < -0.4 is 0 Å². The van der Waals surface area contributed by atoms with Gasteiger partial charge in [-0.15, -0.1) is 11.8 Å². The summed E-state index contributed by atoms with van der Waals surface area (Å²) >= 11 is 1.84. The standard InChI is InChI=1S/C8H11NS/c1-3-10-8-5-4-6-9-7(8)2/h4-6H,3H2,1-2H3. The molecule has 1 rings (SSSR count). The van der Waals surface area contributed by atoms with Crippen molar-refractivity contribution in [1.82, 2.24) is 4.98 Å². The summed E-state index contributed by atoms with van der Waals surface area (Å²) in [7, 11) is 0. The van der Waals surface area contributed by atoms with Gasteiger partial charge in [-0.3, -0.25) is 4.98 Å². The maximum atomic E-state index is 4.18. The predicted octanol–water partition coefficient (Wildman–Crippen LogP) is 2.50.